The van der Waals surface area contributed by atoms with Crippen LogP contribution < -0.4 is 11.1 Å². The third-order valence-corrected chi connectivity index (χ3v) is 3.73. The molecule has 1 saturated carbocycles. The Labute approximate surface area is 112 Å². The minimum absolute atomic E-state index is 0.0127. The molecule has 3 N–H and O–H groups in total. The molecule has 0 radical (unpaired) electrons. The maximum Gasteiger partial charge on any atom is 0.229 e. The third kappa shape index (κ3) is 2.55. The van der Waals surface area contributed by atoms with E-state index in [1.165, 1.54) is 23.5 Å². The molecular weight excluding hydrogens is 267 g/mol. The first-order chi connectivity index (χ1) is 9.13. The number of carbonyl (C=O) groups is 1. The SMILES string of the molecule is Nc1cc(-c2nnc(NC(=O)C3CC3)s2)ccc1F. The second-order valence-corrected chi connectivity index (χ2v) is 5.39. The first-order valence-corrected chi connectivity index (χ1v) is 6.65. The van der Waals surface area contributed by atoms with Gasteiger partial charge in [0, 0.05) is 11.5 Å². The first-order valence-electron chi connectivity index (χ1n) is 5.83. The predicted octanol–water partition coefficient (Wildman–Crippen LogP) is 2.27. The summed E-state index contributed by atoms with van der Waals surface area (Å²) in [6.45, 7) is 0. The third-order valence-electron chi connectivity index (χ3n) is 2.85. The van der Waals surface area contributed by atoms with Crippen molar-refractivity contribution in [3.05, 3.63) is 24.0 Å². The summed E-state index contributed by atoms with van der Waals surface area (Å²) in [5, 5.41) is 11.6. The molecule has 1 aromatic carbocycles. The van der Waals surface area contributed by atoms with Crippen molar-refractivity contribution in [1.82, 2.24) is 10.2 Å². The highest BCUT2D eigenvalue weighted by Gasteiger charge is 2.30. The maximum absolute atomic E-state index is 13.1. The Morgan fingerprint density at radius 2 is 2.21 bits per heavy atom. The van der Waals surface area contributed by atoms with Crippen LogP contribution in [-0.2, 0) is 4.79 Å². The number of nitrogen functional groups attached to an aromatic ring is 1. The summed E-state index contributed by atoms with van der Waals surface area (Å²) >= 11 is 1.24. The highest BCUT2D eigenvalue weighted by molar-refractivity contribution is 7.18. The zero-order chi connectivity index (χ0) is 13.4. The summed E-state index contributed by atoms with van der Waals surface area (Å²) in [5.41, 5.74) is 6.25. The van der Waals surface area contributed by atoms with E-state index in [1.807, 2.05) is 0 Å². The number of nitrogens with one attached hydrogen (secondary N) is 1. The van der Waals surface area contributed by atoms with Crippen LogP contribution in [0.1, 0.15) is 12.8 Å². The molecule has 1 aliphatic rings. The molecule has 1 aromatic heterocycles. The van der Waals surface area contributed by atoms with Gasteiger partial charge in [-0.1, -0.05) is 11.3 Å². The Morgan fingerprint density at radius 1 is 1.42 bits per heavy atom. The predicted molar refractivity (Wildman–Crippen MR) is 71.1 cm³/mol. The van der Waals surface area contributed by atoms with Crippen molar-refractivity contribution in [1.29, 1.82) is 0 Å². The largest absolute Gasteiger partial charge is 0.396 e. The zero-order valence-corrected chi connectivity index (χ0v) is 10.7. The Bertz CT molecular complexity index is 638. The molecule has 7 heteroatoms. The monoisotopic (exact) mass is 278 g/mol. The summed E-state index contributed by atoms with van der Waals surface area (Å²) in [4.78, 5) is 11.6. The first kappa shape index (κ1) is 12.0. The fraction of sp³-hybridized carbons (Fsp3) is 0.250. The van der Waals surface area contributed by atoms with Gasteiger partial charge in [-0.05, 0) is 31.0 Å². The van der Waals surface area contributed by atoms with Gasteiger partial charge in [0.15, 0.2) is 0 Å². The molecule has 19 heavy (non-hydrogen) atoms. The highest BCUT2D eigenvalue weighted by atomic mass is 32.1. The van der Waals surface area contributed by atoms with Crippen molar-refractivity contribution in [3.8, 4) is 10.6 Å². The number of anilines is 2. The molecule has 0 unspecified atom stereocenters. The molecule has 0 bridgehead atoms. The molecule has 0 spiro atoms. The molecule has 0 aliphatic heterocycles. The van der Waals surface area contributed by atoms with Gasteiger partial charge in [-0.3, -0.25) is 4.79 Å². The van der Waals surface area contributed by atoms with Gasteiger partial charge < -0.3 is 11.1 Å². The van der Waals surface area contributed by atoms with Crippen LogP contribution in [-0.4, -0.2) is 16.1 Å². The molecule has 1 fully saturated rings. The van der Waals surface area contributed by atoms with E-state index < -0.39 is 5.82 Å². The van der Waals surface area contributed by atoms with Crippen molar-refractivity contribution in [2.75, 3.05) is 11.1 Å². The summed E-state index contributed by atoms with van der Waals surface area (Å²) in [7, 11) is 0. The van der Waals surface area contributed by atoms with Gasteiger partial charge in [0.1, 0.15) is 10.8 Å². The molecule has 1 aliphatic carbocycles. The summed E-state index contributed by atoms with van der Waals surface area (Å²) in [5.74, 6) is -0.356. The number of amides is 1. The van der Waals surface area contributed by atoms with E-state index in [4.69, 9.17) is 5.73 Å². The van der Waals surface area contributed by atoms with Crippen LogP contribution >= 0.6 is 11.3 Å². The van der Waals surface area contributed by atoms with Crippen LogP contribution in [0.5, 0.6) is 0 Å². The Balaban J connectivity index is 1.79. The number of hydrogen-bond acceptors (Lipinski definition) is 5. The highest BCUT2D eigenvalue weighted by Crippen LogP contribution is 2.32. The molecule has 0 atom stereocenters. The van der Waals surface area contributed by atoms with Crippen LogP contribution in [0.2, 0.25) is 0 Å². The normalized spacial score (nSPS) is 14.4. The number of rotatable bonds is 3. The average molecular weight is 278 g/mol. The number of carbonyl (C=O) groups excluding carboxylic acids is 1. The van der Waals surface area contributed by atoms with Crippen LogP contribution in [0.3, 0.4) is 0 Å². The van der Waals surface area contributed by atoms with Gasteiger partial charge in [-0.15, -0.1) is 10.2 Å². The Hall–Kier alpha value is -2.02. The smallest absolute Gasteiger partial charge is 0.229 e. The van der Waals surface area contributed by atoms with E-state index in [9.17, 15) is 9.18 Å². The van der Waals surface area contributed by atoms with Gasteiger partial charge in [0.05, 0.1) is 5.69 Å². The van der Waals surface area contributed by atoms with Crippen LogP contribution in [0.15, 0.2) is 18.2 Å². The van der Waals surface area contributed by atoms with Gasteiger partial charge in [-0.2, -0.15) is 0 Å². The van der Waals surface area contributed by atoms with E-state index in [2.05, 4.69) is 15.5 Å². The molecular formula is C12H11FN4OS. The fourth-order valence-electron chi connectivity index (χ4n) is 1.62. The molecule has 2 aromatic rings. The molecule has 1 heterocycles. The van der Waals surface area contributed by atoms with Crippen molar-refractivity contribution in [2.45, 2.75) is 12.8 Å². The van der Waals surface area contributed by atoms with Crippen molar-refractivity contribution >= 4 is 28.1 Å². The van der Waals surface area contributed by atoms with Crippen molar-refractivity contribution < 1.29 is 9.18 Å². The van der Waals surface area contributed by atoms with E-state index in [1.54, 1.807) is 6.07 Å². The number of benzene rings is 1. The van der Waals surface area contributed by atoms with Gasteiger partial charge in [-0.25, -0.2) is 4.39 Å². The molecule has 1 amide bonds. The van der Waals surface area contributed by atoms with E-state index in [-0.39, 0.29) is 17.5 Å². The van der Waals surface area contributed by atoms with E-state index in [0.29, 0.717) is 15.7 Å². The molecule has 0 saturated heterocycles. The minimum Gasteiger partial charge on any atom is -0.396 e. The Kier molecular flexibility index (Phi) is 2.90. The van der Waals surface area contributed by atoms with Crippen molar-refractivity contribution in [2.24, 2.45) is 5.92 Å². The number of nitrogens with zero attached hydrogens (tertiary/aromatic N) is 2. The minimum atomic E-state index is -0.462. The molecule has 5 nitrogen and oxygen atoms in total. The second kappa shape index (κ2) is 4.58. The maximum atomic E-state index is 13.1. The lowest BCUT2D eigenvalue weighted by Gasteiger charge is -1.99. The van der Waals surface area contributed by atoms with Gasteiger partial charge in [0.2, 0.25) is 11.0 Å². The Morgan fingerprint density at radius 3 is 2.89 bits per heavy atom. The second-order valence-electron chi connectivity index (χ2n) is 4.41. The number of aromatic nitrogens is 2. The number of halogens is 1. The van der Waals surface area contributed by atoms with E-state index in [0.717, 1.165) is 12.8 Å². The summed E-state index contributed by atoms with van der Waals surface area (Å²) < 4.78 is 13.1. The van der Waals surface area contributed by atoms with Crippen LogP contribution in [0.25, 0.3) is 10.6 Å². The molecule has 3 rings (SSSR count). The summed E-state index contributed by atoms with van der Waals surface area (Å²) in [6.07, 6.45) is 1.87. The lowest BCUT2D eigenvalue weighted by Crippen LogP contribution is -2.12. The quantitative estimate of drug-likeness (QED) is 0.844. The van der Waals surface area contributed by atoms with Crippen LogP contribution in [0, 0.1) is 11.7 Å². The lowest BCUT2D eigenvalue weighted by atomic mass is 10.2. The number of nitrogens with two attached hydrogens (primary N) is 1. The molecule has 98 valence electrons. The number of hydrogen-bond donors (Lipinski definition) is 2. The van der Waals surface area contributed by atoms with Crippen molar-refractivity contribution in [3.63, 3.8) is 0 Å². The van der Waals surface area contributed by atoms with Gasteiger partial charge >= 0.3 is 0 Å². The summed E-state index contributed by atoms with van der Waals surface area (Å²) in [6, 6.07) is 4.37. The topological polar surface area (TPSA) is 80.9 Å². The zero-order valence-electron chi connectivity index (χ0n) is 9.89. The standard InChI is InChI=1S/C12H11FN4OS/c13-8-4-3-7(5-9(8)14)11-16-17-12(19-11)15-10(18)6-1-2-6/h3-6H,1-2,14H2,(H,15,17,18). The average Bonchev–Trinajstić information content (AvgIpc) is 3.14. The lowest BCUT2D eigenvalue weighted by molar-refractivity contribution is -0.117. The van der Waals surface area contributed by atoms with Gasteiger partial charge in [0.25, 0.3) is 0 Å². The van der Waals surface area contributed by atoms with E-state index >= 15 is 0 Å². The fourth-order valence-corrected chi connectivity index (χ4v) is 2.36. The van der Waals surface area contributed by atoms with Crippen LogP contribution in [0.4, 0.5) is 15.2 Å².